The van der Waals surface area contributed by atoms with Crippen molar-refractivity contribution in [3.05, 3.63) is 34.9 Å². The van der Waals surface area contributed by atoms with E-state index in [1.165, 1.54) is 0 Å². The Kier molecular flexibility index (Phi) is 3.88. The Labute approximate surface area is 111 Å². The largest absolute Gasteiger partial charge is 0.367 e. The minimum Gasteiger partial charge on any atom is -0.367 e. The molecule has 1 aliphatic rings. The molecule has 1 saturated heterocycles. The minimum absolute atomic E-state index is 0.170. The zero-order valence-corrected chi connectivity index (χ0v) is 10.8. The molecule has 0 aliphatic carbocycles. The van der Waals surface area contributed by atoms with Crippen LogP contribution in [-0.4, -0.2) is 29.6 Å². The number of piperidine rings is 1. The number of nitrogens with zero attached hydrogens (tertiary/aromatic N) is 1. The summed E-state index contributed by atoms with van der Waals surface area (Å²) in [6, 6.07) is 7.59. The molecule has 1 heterocycles. The summed E-state index contributed by atoms with van der Waals surface area (Å²) >= 11 is 5.91. The molecule has 0 bridgehead atoms. The van der Waals surface area contributed by atoms with E-state index in [9.17, 15) is 9.18 Å². The molecule has 98 valence electrons. The van der Waals surface area contributed by atoms with Crippen LogP contribution in [0.2, 0.25) is 5.02 Å². The number of hydrogen-bond donors (Lipinski definition) is 1. The smallest absolute Gasteiger partial charge is 0.255 e. The maximum Gasteiger partial charge on any atom is 0.255 e. The molecular weight excluding hydrogens is 255 g/mol. The molecule has 1 aromatic rings. The van der Waals surface area contributed by atoms with Crippen molar-refractivity contribution in [3.63, 3.8) is 0 Å². The number of carbonyl (C=O) groups is 1. The fourth-order valence-electron chi connectivity index (χ4n) is 2.21. The third kappa shape index (κ3) is 3.00. The van der Waals surface area contributed by atoms with Gasteiger partial charge in [-0.2, -0.15) is 0 Å². The minimum atomic E-state index is -1.83. The highest BCUT2D eigenvalue weighted by Gasteiger charge is 2.39. The number of halogens is 2. The van der Waals surface area contributed by atoms with Gasteiger partial charge in [0.15, 0.2) is 5.67 Å². The molecule has 2 rings (SSSR count). The van der Waals surface area contributed by atoms with Crippen LogP contribution in [-0.2, 0) is 11.3 Å². The predicted molar refractivity (Wildman–Crippen MR) is 69.0 cm³/mol. The molecule has 0 unspecified atom stereocenters. The first-order valence-corrected chi connectivity index (χ1v) is 6.33. The number of carbonyl (C=O) groups excluding carboxylic acids is 1. The summed E-state index contributed by atoms with van der Waals surface area (Å²) in [6.45, 7) is 1.79. The Bertz CT molecular complexity index is 444. The molecular formula is C13H16ClFN2O. The lowest BCUT2D eigenvalue weighted by Crippen LogP contribution is -2.49. The maximum atomic E-state index is 13.9. The standard InChI is InChI=1S/C13H16ClFN2O/c14-11-3-1-2-10(8-11)9-17-6-4-13(15,5-7-17)12(16)18/h1-3,8H,4-7,9H2,(H2,16,18). The number of likely N-dealkylation sites (tertiary alicyclic amines) is 1. The van der Waals surface area contributed by atoms with E-state index in [-0.39, 0.29) is 12.8 Å². The molecule has 3 nitrogen and oxygen atoms in total. The van der Waals surface area contributed by atoms with Crippen LogP contribution in [0.15, 0.2) is 24.3 Å². The molecule has 1 amide bonds. The molecule has 1 aliphatic heterocycles. The van der Waals surface area contributed by atoms with Crippen molar-refractivity contribution in [3.8, 4) is 0 Å². The van der Waals surface area contributed by atoms with Crippen molar-refractivity contribution in [2.45, 2.75) is 25.1 Å². The fraction of sp³-hybridized carbons (Fsp3) is 0.462. The molecule has 0 aromatic heterocycles. The Morgan fingerprint density at radius 2 is 2.11 bits per heavy atom. The van der Waals surface area contributed by atoms with Crippen LogP contribution in [0.25, 0.3) is 0 Å². The van der Waals surface area contributed by atoms with Crippen LogP contribution in [0.1, 0.15) is 18.4 Å². The first-order chi connectivity index (χ1) is 8.49. The maximum absolute atomic E-state index is 13.9. The van der Waals surface area contributed by atoms with Gasteiger partial charge in [0.1, 0.15) is 0 Å². The van der Waals surface area contributed by atoms with Crippen molar-refractivity contribution in [1.82, 2.24) is 4.90 Å². The van der Waals surface area contributed by atoms with Gasteiger partial charge in [-0.15, -0.1) is 0 Å². The quantitative estimate of drug-likeness (QED) is 0.915. The van der Waals surface area contributed by atoms with E-state index in [0.29, 0.717) is 18.1 Å². The van der Waals surface area contributed by atoms with E-state index >= 15 is 0 Å². The zero-order valence-electron chi connectivity index (χ0n) is 10.0. The second-order valence-electron chi connectivity index (χ2n) is 4.74. The van der Waals surface area contributed by atoms with E-state index in [1.807, 2.05) is 24.3 Å². The van der Waals surface area contributed by atoms with Crippen LogP contribution in [0, 0.1) is 0 Å². The fourth-order valence-corrected chi connectivity index (χ4v) is 2.42. The van der Waals surface area contributed by atoms with Gasteiger partial charge in [-0.25, -0.2) is 4.39 Å². The topological polar surface area (TPSA) is 46.3 Å². The lowest BCUT2D eigenvalue weighted by Gasteiger charge is -2.34. The first-order valence-electron chi connectivity index (χ1n) is 5.95. The number of benzene rings is 1. The van der Waals surface area contributed by atoms with E-state index in [0.717, 1.165) is 12.1 Å². The third-order valence-corrected chi connectivity index (χ3v) is 3.62. The number of amides is 1. The Hall–Kier alpha value is -1.13. The monoisotopic (exact) mass is 270 g/mol. The Morgan fingerprint density at radius 3 is 2.67 bits per heavy atom. The van der Waals surface area contributed by atoms with Crippen LogP contribution in [0.5, 0.6) is 0 Å². The second kappa shape index (κ2) is 5.24. The number of nitrogens with two attached hydrogens (primary N) is 1. The highest BCUT2D eigenvalue weighted by atomic mass is 35.5. The molecule has 5 heteroatoms. The van der Waals surface area contributed by atoms with Gasteiger partial charge < -0.3 is 5.73 Å². The predicted octanol–water partition coefficient (Wildman–Crippen LogP) is 2.13. The van der Waals surface area contributed by atoms with Crippen molar-refractivity contribution in [2.24, 2.45) is 5.73 Å². The van der Waals surface area contributed by atoms with E-state index < -0.39 is 11.6 Å². The van der Waals surface area contributed by atoms with E-state index in [2.05, 4.69) is 4.90 Å². The van der Waals surface area contributed by atoms with Crippen molar-refractivity contribution in [2.75, 3.05) is 13.1 Å². The summed E-state index contributed by atoms with van der Waals surface area (Å²) in [5.41, 5.74) is 4.33. The Balaban J connectivity index is 1.93. The normalized spacial score (nSPS) is 19.7. The average Bonchev–Trinajstić information content (AvgIpc) is 2.32. The summed E-state index contributed by atoms with van der Waals surface area (Å²) in [6.07, 6.45) is 0.339. The highest BCUT2D eigenvalue weighted by Crippen LogP contribution is 2.27. The van der Waals surface area contributed by atoms with Gasteiger partial charge in [0.2, 0.25) is 0 Å². The summed E-state index contributed by atoms with van der Waals surface area (Å²) in [5, 5.41) is 0.696. The van der Waals surface area contributed by atoms with Gasteiger partial charge in [-0.05, 0) is 17.7 Å². The molecule has 2 N–H and O–H groups in total. The summed E-state index contributed by atoms with van der Waals surface area (Å²) in [4.78, 5) is 13.1. The summed E-state index contributed by atoms with van der Waals surface area (Å²) < 4.78 is 13.9. The number of rotatable bonds is 3. The van der Waals surface area contributed by atoms with Crippen LogP contribution < -0.4 is 5.73 Å². The van der Waals surface area contributed by atoms with Gasteiger partial charge in [0, 0.05) is 37.5 Å². The first kappa shape index (κ1) is 13.3. The van der Waals surface area contributed by atoms with E-state index in [1.54, 1.807) is 0 Å². The molecule has 1 aromatic carbocycles. The number of primary amides is 1. The number of alkyl halides is 1. The molecule has 0 radical (unpaired) electrons. The Morgan fingerprint density at radius 1 is 1.44 bits per heavy atom. The number of hydrogen-bond acceptors (Lipinski definition) is 2. The van der Waals surface area contributed by atoms with Gasteiger partial charge in [-0.3, -0.25) is 9.69 Å². The van der Waals surface area contributed by atoms with Gasteiger partial charge in [0.25, 0.3) is 5.91 Å². The van der Waals surface area contributed by atoms with Crippen molar-refractivity contribution < 1.29 is 9.18 Å². The SMILES string of the molecule is NC(=O)C1(F)CCN(Cc2cccc(Cl)c2)CC1. The highest BCUT2D eigenvalue weighted by molar-refractivity contribution is 6.30. The second-order valence-corrected chi connectivity index (χ2v) is 5.17. The summed E-state index contributed by atoms with van der Waals surface area (Å²) in [5.74, 6) is -0.843. The molecule has 0 spiro atoms. The van der Waals surface area contributed by atoms with Crippen molar-refractivity contribution >= 4 is 17.5 Å². The van der Waals surface area contributed by atoms with Crippen LogP contribution >= 0.6 is 11.6 Å². The zero-order chi connectivity index (χ0) is 13.2. The van der Waals surface area contributed by atoms with Crippen LogP contribution in [0.3, 0.4) is 0 Å². The van der Waals surface area contributed by atoms with Gasteiger partial charge in [-0.1, -0.05) is 23.7 Å². The molecule has 1 fully saturated rings. The van der Waals surface area contributed by atoms with Crippen molar-refractivity contribution in [1.29, 1.82) is 0 Å². The molecule has 0 atom stereocenters. The molecule has 18 heavy (non-hydrogen) atoms. The van der Waals surface area contributed by atoms with E-state index in [4.69, 9.17) is 17.3 Å². The average molecular weight is 271 g/mol. The van der Waals surface area contributed by atoms with Gasteiger partial charge in [0.05, 0.1) is 0 Å². The van der Waals surface area contributed by atoms with Gasteiger partial charge >= 0.3 is 0 Å². The third-order valence-electron chi connectivity index (χ3n) is 3.39. The van der Waals surface area contributed by atoms with Crippen LogP contribution in [0.4, 0.5) is 4.39 Å². The molecule has 0 saturated carbocycles. The lowest BCUT2D eigenvalue weighted by molar-refractivity contribution is -0.132. The lowest BCUT2D eigenvalue weighted by atomic mass is 9.92. The summed E-state index contributed by atoms with van der Waals surface area (Å²) in [7, 11) is 0.